The van der Waals surface area contributed by atoms with Crippen LogP contribution in [0.3, 0.4) is 0 Å². The van der Waals surface area contributed by atoms with Crippen molar-refractivity contribution in [3.63, 3.8) is 0 Å². The number of nitrogens with one attached hydrogen (secondary N) is 1. The zero-order valence-corrected chi connectivity index (χ0v) is 10.5. The Labute approximate surface area is 98.8 Å². The molecule has 0 amide bonds. The molecule has 0 aliphatic heterocycles. The molecule has 1 heterocycles. The van der Waals surface area contributed by atoms with Gasteiger partial charge in [-0.3, -0.25) is 0 Å². The maximum Gasteiger partial charge on any atom is 0.404 e. The molecule has 0 spiro atoms. The van der Waals surface area contributed by atoms with Crippen molar-refractivity contribution >= 4 is 27.3 Å². The minimum Gasteiger partial charge on any atom is -0.306 e. The van der Waals surface area contributed by atoms with Crippen molar-refractivity contribution in [2.24, 2.45) is 0 Å². The van der Waals surface area contributed by atoms with Crippen LogP contribution in [0.2, 0.25) is 0 Å². The predicted molar refractivity (Wildman–Crippen MR) is 59.2 cm³/mol. The molecule has 1 unspecified atom stereocenters. The Morgan fingerprint density at radius 2 is 2.13 bits per heavy atom. The molecule has 0 aliphatic carbocycles. The Balaban J connectivity index is 2.66. The summed E-state index contributed by atoms with van der Waals surface area (Å²) in [6, 6.07) is 2.03. The van der Waals surface area contributed by atoms with Crippen LogP contribution in [-0.4, -0.2) is 18.8 Å². The van der Waals surface area contributed by atoms with Gasteiger partial charge in [0.05, 0.1) is 3.79 Å². The van der Waals surface area contributed by atoms with Crippen molar-refractivity contribution in [1.82, 2.24) is 5.32 Å². The number of halogens is 4. The minimum atomic E-state index is -4.19. The first-order chi connectivity index (χ1) is 6.93. The molecule has 0 bridgehead atoms. The lowest BCUT2D eigenvalue weighted by Crippen LogP contribution is -2.43. The number of thiophene rings is 1. The van der Waals surface area contributed by atoms with Crippen LogP contribution in [0.25, 0.3) is 0 Å². The lowest BCUT2D eigenvalue weighted by molar-refractivity contribution is -0.155. The first-order valence-electron chi connectivity index (χ1n) is 4.47. The van der Waals surface area contributed by atoms with E-state index in [1.165, 1.54) is 11.3 Å². The van der Waals surface area contributed by atoms with E-state index in [2.05, 4.69) is 21.2 Å². The SMILES string of the molecule is CCNC(Cc1ccc(Br)s1)C(F)(F)F. The summed E-state index contributed by atoms with van der Waals surface area (Å²) in [5.41, 5.74) is 0. The van der Waals surface area contributed by atoms with Crippen molar-refractivity contribution in [2.75, 3.05) is 6.54 Å². The van der Waals surface area contributed by atoms with Crippen LogP contribution in [0.4, 0.5) is 13.2 Å². The third-order valence-electron chi connectivity index (χ3n) is 1.88. The lowest BCUT2D eigenvalue weighted by Gasteiger charge is -2.20. The van der Waals surface area contributed by atoms with Gasteiger partial charge in [0.15, 0.2) is 0 Å². The van der Waals surface area contributed by atoms with Crippen LogP contribution in [0, 0.1) is 0 Å². The molecule has 15 heavy (non-hydrogen) atoms. The topological polar surface area (TPSA) is 12.0 Å². The van der Waals surface area contributed by atoms with Gasteiger partial charge in [-0.25, -0.2) is 0 Å². The van der Waals surface area contributed by atoms with Crippen molar-refractivity contribution in [3.8, 4) is 0 Å². The van der Waals surface area contributed by atoms with E-state index < -0.39 is 12.2 Å². The maximum absolute atomic E-state index is 12.5. The maximum atomic E-state index is 12.5. The Morgan fingerprint density at radius 3 is 2.53 bits per heavy atom. The number of rotatable bonds is 4. The highest BCUT2D eigenvalue weighted by atomic mass is 79.9. The third-order valence-corrected chi connectivity index (χ3v) is 3.53. The van der Waals surface area contributed by atoms with Gasteiger partial charge in [-0.2, -0.15) is 13.2 Å². The molecule has 1 aromatic rings. The Kier molecular flexibility index (Phi) is 4.61. The predicted octanol–water partition coefficient (Wildman–Crippen LogP) is 3.59. The van der Waals surface area contributed by atoms with Crippen LogP contribution >= 0.6 is 27.3 Å². The van der Waals surface area contributed by atoms with Crippen molar-refractivity contribution < 1.29 is 13.2 Å². The van der Waals surface area contributed by atoms with E-state index in [-0.39, 0.29) is 6.42 Å². The number of hydrogen-bond acceptors (Lipinski definition) is 2. The van der Waals surface area contributed by atoms with E-state index in [1.807, 2.05) is 0 Å². The van der Waals surface area contributed by atoms with Gasteiger partial charge in [0.1, 0.15) is 6.04 Å². The van der Waals surface area contributed by atoms with Gasteiger partial charge in [-0.15, -0.1) is 11.3 Å². The minimum absolute atomic E-state index is 0.00634. The molecule has 1 N–H and O–H groups in total. The molecule has 1 atom stereocenters. The van der Waals surface area contributed by atoms with Gasteiger partial charge < -0.3 is 5.32 Å². The van der Waals surface area contributed by atoms with Gasteiger partial charge >= 0.3 is 6.18 Å². The summed E-state index contributed by atoms with van der Waals surface area (Å²) in [5, 5.41) is 2.45. The largest absolute Gasteiger partial charge is 0.404 e. The van der Waals surface area contributed by atoms with E-state index >= 15 is 0 Å². The van der Waals surface area contributed by atoms with E-state index in [0.29, 0.717) is 6.54 Å². The molecule has 0 radical (unpaired) electrons. The fourth-order valence-corrected chi connectivity index (χ4v) is 2.74. The van der Waals surface area contributed by atoms with Crippen LogP contribution < -0.4 is 5.32 Å². The average molecular weight is 302 g/mol. The molecular formula is C9H11BrF3NS. The summed E-state index contributed by atoms with van der Waals surface area (Å²) in [6.07, 6.45) is -4.19. The molecule has 86 valence electrons. The van der Waals surface area contributed by atoms with Crippen LogP contribution in [0.1, 0.15) is 11.8 Å². The fourth-order valence-electron chi connectivity index (χ4n) is 1.21. The standard InChI is InChI=1S/C9H11BrF3NS/c1-2-14-7(9(11,12)13)5-6-3-4-8(10)15-6/h3-4,7,14H,2,5H2,1H3. The summed E-state index contributed by atoms with van der Waals surface area (Å²) in [7, 11) is 0. The zero-order chi connectivity index (χ0) is 11.5. The average Bonchev–Trinajstić information content (AvgIpc) is 2.49. The number of likely N-dealkylation sites (N-methyl/N-ethyl adjacent to an activating group) is 1. The summed E-state index contributed by atoms with van der Waals surface area (Å²) >= 11 is 4.56. The van der Waals surface area contributed by atoms with Gasteiger partial charge in [-0.05, 0) is 34.6 Å². The molecule has 0 aromatic carbocycles. The van der Waals surface area contributed by atoms with E-state index in [9.17, 15) is 13.2 Å². The fraction of sp³-hybridized carbons (Fsp3) is 0.556. The Bertz CT molecular complexity index is 311. The van der Waals surface area contributed by atoms with E-state index in [4.69, 9.17) is 0 Å². The summed E-state index contributed by atoms with van der Waals surface area (Å²) in [4.78, 5) is 0.727. The second-order valence-electron chi connectivity index (χ2n) is 3.06. The molecule has 0 saturated carbocycles. The van der Waals surface area contributed by atoms with Crippen LogP contribution in [-0.2, 0) is 6.42 Å². The second-order valence-corrected chi connectivity index (χ2v) is 5.61. The van der Waals surface area contributed by atoms with Gasteiger partial charge in [0.25, 0.3) is 0 Å². The van der Waals surface area contributed by atoms with Gasteiger partial charge in [0.2, 0.25) is 0 Å². The van der Waals surface area contributed by atoms with E-state index in [1.54, 1.807) is 19.1 Å². The molecule has 6 heteroatoms. The highest BCUT2D eigenvalue weighted by Crippen LogP contribution is 2.28. The second kappa shape index (κ2) is 5.32. The van der Waals surface area contributed by atoms with Gasteiger partial charge in [0, 0.05) is 11.3 Å². The van der Waals surface area contributed by atoms with Gasteiger partial charge in [-0.1, -0.05) is 6.92 Å². The zero-order valence-electron chi connectivity index (χ0n) is 8.07. The number of alkyl halides is 3. The molecular weight excluding hydrogens is 291 g/mol. The Morgan fingerprint density at radius 1 is 1.47 bits per heavy atom. The number of hydrogen-bond donors (Lipinski definition) is 1. The first-order valence-corrected chi connectivity index (χ1v) is 6.08. The Hall–Kier alpha value is -0.0700. The molecule has 1 nitrogen and oxygen atoms in total. The molecule has 0 saturated heterocycles. The quantitative estimate of drug-likeness (QED) is 0.896. The van der Waals surface area contributed by atoms with Crippen molar-refractivity contribution in [2.45, 2.75) is 25.6 Å². The highest BCUT2D eigenvalue weighted by molar-refractivity contribution is 9.11. The third kappa shape index (κ3) is 4.12. The molecule has 1 aromatic heterocycles. The summed E-state index contributed by atoms with van der Waals surface area (Å²) in [5.74, 6) is 0. The molecule has 0 aliphatic rings. The first kappa shape index (κ1) is 13.0. The van der Waals surface area contributed by atoms with Crippen molar-refractivity contribution in [3.05, 3.63) is 20.8 Å². The normalized spacial score (nSPS) is 14.2. The van der Waals surface area contributed by atoms with Crippen LogP contribution in [0.5, 0.6) is 0 Å². The lowest BCUT2D eigenvalue weighted by atomic mass is 10.1. The molecule has 1 rings (SSSR count). The summed E-state index contributed by atoms with van der Waals surface area (Å²) < 4.78 is 38.4. The summed E-state index contributed by atoms with van der Waals surface area (Å²) in [6.45, 7) is 1.99. The smallest absolute Gasteiger partial charge is 0.306 e. The molecule has 0 fully saturated rings. The van der Waals surface area contributed by atoms with Crippen LogP contribution in [0.15, 0.2) is 15.9 Å². The van der Waals surface area contributed by atoms with E-state index in [0.717, 1.165) is 8.66 Å². The van der Waals surface area contributed by atoms with Crippen molar-refractivity contribution in [1.29, 1.82) is 0 Å². The highest BCUT2D eigenvalue weighted by Gasteiger charge is 2.39. The monoisotopic (exact) mass is 301 g/mol.